The number of hydrogen-bond acceptors (Lipinski definition) is 6. The Morgan fingerprint density at radius 3 is 3.00 bits per heavy atom. The summed E-state index contributed by atoms with van der Waals surface area (Å²) >= 11 is 0. The molecule has 0 bridgehead atoms. The zero-order chi connectivity index (χ0) is 15.2. The summed E-state index contributed by atoms with van der Waals surface area (Å²) in [5.74, 6) is -0.909. The number of nitro groups is 1. The number of methoxy groups -OCH3 is 1. The number of nitrogens with zero attached hydrogens (tertiary/aromatic N) is 4. The number of benzene rings is 1. The molecule has 1 heterocycles. The topological polar surface area (TPSA) is 95.1 Å². The molecule has 0 amide bonds. The van der Waals surface area contributed by atoms with Crippen molar-refractivity contribution in [3.63, 3.8) is 0 Å². The molecule has 8 nitrogen and oxygen atoms in total. The van der Waals surface area contributed by atoms with Crippen molar-refractivity contribution < 1.29 is 14.1 Å². The van der Waals surface area contributed by atoms with Gasteiger partial charge in [0.1, 0.15) is 0 Å². The summed E-state index contributed by atoms with van der Waals surface area (Å²) in [6.45, 7) is 1.76. The van der Waals surface area contributed by atoms with E-state index in [9.17, 15) is 14.5 Å². The highest BCUT2D eigenvalue weighted by Gasteiger charge is 2.15. The summed E-state index contributed by atoms with van der Waals surface area (Å²) in [6, 6.07) is 3.57. The van der Waals surface area contributed by atoms with Crippen LogP contribution in [0.3, 0.4) is 0 Å². The van der Waals surface area contributed by atoms with E-state index in [1.807, 2.05) is 0 Å². The van der Waals surface area contributed by atoms with Crippen LogP contribution in [-0.2, 0) is 11.3 Å². The molecule has 0 aliphatic heterocycles. The van der Waals surface area contributed by atoms with Gasteiger partial charge in [0.15, 0.2) is 0 Å². The molecule has 0 aliphatic rings. The maximum absolute atomic E-state index is 13.6. The summed E-state index contributed by atoms with van der Waals surface area (Å²) in [7, 11) is 1.61. The quantitative estimate of drug-likeness (QED) is 0.466. The fraction of sp³-hybridized carbons (Fsp3) is 0.333. The van der Waals surface area contributed by atoms with Gasteiger partial charge in [-0.3, -0.25) is 10.1 Å². The largest absolute Gasteiger partial charge is 0.383 e. The summed E-state index contributed by atoms with van der Waals surface area (Å²) in [5, 5.41) is 21.4. The molecule has 1 aromatic carbocycles. The molecule has 0 fully saturated rings. The Hall–Kier alpha value is -2.39. The van der Waals surface area contributed by atoms with Crippen molar-refractivity contribution in [1.82, 2.24) is 20.3 Å². The molecule has 9 heteroatoms. The molecule has 0 saturated carbocycles. The standard InChI is InChI=1S/C12H14FN5O3/c1-21-5-4-14-7-9-8-17(16-15-9)10-2-3-12(18(19)20)11(13)6-10/h2-3,6,8,14H,4-5,7H2,1H3. The van der Waals surface area contributed by atoms with E-state index in [4.69, 9.17) is 4.74 Å². The zero-order valence-electron chi connectivity index (χ0n) is 11.3. The van der Waals surface area contributed by atoms with E-state index in [-0.39, 0.29) is 0 Å². The van der Waals surface area contributed by atoms with Gasteiger partial charge < -0.3 is 10.1 Å². The van der Waals surface area contributed by atoms with Crippen molar-refractivity contribution in [2.24, 2.45) is 0 Å². The Bertz CT molecular complexity index is 631. The molecule has 0 spiro atoms. The first-order chi connectivity index (χ1) is 10.1. The van der Waals surface area contributed by atoms with Crippen LogP contribution >= 0.6 is 0 Å². The van der Waals surface area contributed by atoms with E-state index in [0.29, 0.717) is 31.1 Å². The highest BCUT2D eigenvalue weighted by molar-refractivity contribution is 5.41. The molecule has 0 unspecified atom stereocenters. The van der Waals surface area contributed by atoms with Crippen LogP contribution in [0.1, 0.15) is 5.69 Å². The molecule has 2 aromatic rings. The highest BCUT2D eigenvalue weighted by atomic mass is 19.1. The molecule has 2 rings (SSSR count). The van der Waals surface area contributed by atoms with E-state index in [1.54, 1.807) is 13.3 Å². The van der Waals surface area contributed by atoms with Crippen molar-refractivity contribution in [2.75, 3.05) is 20.3 Å². The van der Waals surface area contributed by atoms with Crippen LogP contribution in [0.25, 0.3) is 5.69 Å². The van der Waals surface area contributed by atoms with Crippen molar-refractivity contribution in [3.8, 4) is 5.69 Å². The second kappa shape index (κ2) is 6.86. The van der Waals surface area contributed by atoms with Gasteiger partial charge in [0, 0.05) is 32.3 Å². The van der Waals surface area contributed by atoms with Crippen molar-refractivity contribution in [3.05, 3.63) is 46.0 Å². The van der Waals surface area contributed by atoms with E-state index >= 15 is 0 Å². The van der Waals surface area contributed by atoms with Gasteiger partial charge in [-0.1, -0.05) is 5.21 Å². The number of nitrogens with one attached hydrogen (secondary N) is 1. The smallest absolute Gasteiger partial charge is 0.304 e. The molecule has 0 saturated heterocycles. The van der Waals surface area contributed by atoms with Gasteiger partial charge in [0.05, 0.1) is 29.1 Å². The van der Waals surface area contributed by atoms with Gasteiger partial charge in [0.25, 0.3) is 0 Å². The number of hydrogen-bond donors (Lipinski definition) is 1. The number of nitro benzene ring substituents is 1. The normalized spacial score (nSPS) is 10.8. The summed E-state index contributed by atoms with van der Waals surface area (Å²) < 4.78 is 19.8. The Kier molecular flexibility index (Phi) is 4.90. The minimum atomic E-state index is -0.909. The third-order valence-corrected chi connectivity index (χ3v) is 2.72. The molecule has 1 aromatic heterocycles. The molecule has 21 heavy (non-hydrogen) atoms. The van der Waals surface area contributed by atoms with Gasteiger partial charge >= 0.3 is 5.69 Å². The summed E-state index contributed by atoms with van der Waals surface area (Å²) in [6.07, 6.45) is 1.63. The SMILES string of the molecule is COCCNCc1cn(-c2ccc([N+](=O)[O-])c(F)c2)nn1. The first-order valence-corrected chi connectivity index (χ1v) is 6.17. The molecule has 1 N–H and O–H groups in total. The van der Waals surface area contributed by atoms with Gasteiger partial charge in [-0.2, -0.15) is 4.39 Å². The molecule has 0 aliphatic carbocycles. The van der Waals surface area contributed by atoms with Crippen LogP contribution in [0.4, 0.5) is 10.1 Å². The van der Waals surface area contributed by atoms with Crippen molar-refractivity contribution in [2.45, 2.75) is 6.54 Å². The van der Waals surface area contributed by atoms with Gasteiger partial charge in [-0.15, -0.1) is 5.10 Å². The fourth-order valence-corrected chi connectivity index (χ4v) is 1.68. The lowest BCUT2D eigenvalue weighted by Gasteiger charge is -2.01. The van der Waals surface area contributed by atoms with Crippen LogP contribution in [0.2, 0.25) is 0 Å². The minimum absolute atomic E-state index is 0.369. The van der Waals surface area contributed by atoms with E-state index in [2.05, 4.69) is 15.6 Å². The molecular formula is C12H14FN5O3. The van der Waals surface area contributed by atoms with Gasteiger partial charge in [-0.25, -0.2) is 4.68 Å². The van der Waals surface area contributed by atoms with Gasteiger partial charge in [0.2, 0.25) is 5.82 Å². The number of rotatable bonds is 7. The molecule has 112 valence electrons. The number of aromatic nitrogens is 3. The minimum Gasteiger partial charge on any atom is -0.383 e. The average Bonchev–Trinajstić information content (AvgIpc) is 2.92. The first kappa shape index (κ1) is 15.0. The maximum Gasteiger partial charge on any atom is 0.304 e. The van der Waals surface area contributed by atoms with E-state index < -0.39 is 16.4 Å². The second-order valence-corrected chi connectivity index (χ2v) is 4.22. The van der Waals surface area contributed by atoms with Crippen LogP contribution < -0.4 is 5.32 Å². The lowest BCUT2D eigenvalue weighted by Crippen LogP contribution is -2.18. The fourth-order valence-electron chi connectivity index (χ4n) is 1.68. The monoisotopic (exact) mass is 295 g/mol. The lowest BCUT2D eigenvalue weighted by atomic mass is 10.2. The van der Waals surface area contributed by atoms with E-state index in [0.717, 1.165) is 12.1 Å². The molecule has 0 atom stereocenters. The summed E-state index contributed by atoms with van der Waals surface area (Å²) in [5.41, 5.74) is 0.471. The predicted molar refractivity (Wildman–Crippen MR) is 71.6 cm³/mol. The zero-order valence-corrected chi connectivity index (χ0v) is 11.3. The maximum atomic E-state index is 13.6. The third-order valence-electron chi connectivity index (χ3n) is 2.72. The van der Waals surface area contributed by atoms with E-state index in [1.165, 1.54) is 10.7 Å². The molecular weight excluding hydrogens is 281 g/mol. The lowest BCUT2D eigenvalue weighted by molar-refractivity contribution is -0.387. The number of halogens is 1. The average molecular weight is 295 g/mol. The Labute approximate surface area is 119 Å². The second-order valence-electron chi connectivity index (χ2n) is 4.22. The van der Waals surface area contributed by atoms with Crippen LogP contribution in [0.5, 0.6) is 0 Å². The van der Waals surface area contributed by atoms with Crippen LogP contribution in [0.15, 0.2) is 24.4 Å². The van der Waals surface area contributed by atoms with Gasteiger partial charge in [-0.05, 0) is 6.07 Å². The Balaban J connectivity index is 2.07. The Morgan fingerprint density at radius 2 is 2.33 bits per heavy atom. The van der Waals surface area contributed by atoms with Crippen molar-refractivity contribution in [1.29, 1.82) is 0 Å². The van der Waals surface area contributed by atoms with Crippen LogP contribution in [0, 0.1) is 15.9 Å². The van der Waals surface area contributed by atoms with Crippen molar-refractivity contribution >= 4 is 5.69 Å². The van der Waals surface area contributed by atoms with Crippen LogP contribution in [-0.4, -0.2) is 40.2 Å². The summed E-state index contributed by atoms with van der Waals surface area (Å²) in [4.78, 5) is 9.79. The Morgan fingerprint density at radius 1 is 1.52 bits per heavy atom. The highest BCUT2D eigenvalue weighted by Crippen LogP contribution is 2.19. The third kappa shape index (κ3) is 3.80. The number of ether oxygens (including phenoxy) is 1. The predicted octanol–water partition coefficient (Wildman–Crippen LogP) is 1.05. The molecule has 0 radical (unpaired) electrons. The first-order valence-electron chi connectivity index (χ1n) is 6.17.